The van der Waals surface area contributed by atoms with Crippen molar-refractivity contribution in [3.8, 4) is 0 Å². The summed E-state index contributed by atoms with van der Waals surface area (Å²) in [6.45, 7) is 1.92. The number of hydrogen-bond acceptors (Lipinski definition) is 7. The summed E-state index contributed by atoms with van der Waals surface area (Å²) >= 11 is 1.38. The van der Waals surface area contributed by atoms with E-state index in [0.29, 0.717) is 12.1 Å². The summed E-state index contributed by atoms with van der Waals surface area (Å²) in [7, 11) is -3.82. The Bertz CT molecular complexity index is 1050. The Morgan fingerprint density at radius 3 is 2.31 bits per heavy atom. The zero-order chi connectivity index (χ0) is 20.7. The SMILES string of the molecule is CCC(Sc1ccccn1)C(=O)Nc1ccc(S(=O)(=O)Nc2ncccn2)cc1. The number of aromatic nitrogens is 3. The van der Waals surface area contributed by atoms with Crippen molar-refractivity contribution in [1.82, 2.24) is 15.0 Å². The lowest BCUT2D eigenvalue weighted by atomic mass is 10.3. The van der Waals surface area contributed by atoms with Crippen LogP contribution in [0.5, 0.6) is 0 Å². The standard InChI is InChI=1S/C19H19N5O3S2/c1-2-16(28-17-6-3-4-11-20-17)18(25)23-14-7-9-15(10-8-14)29(26,27)24-19-21-12-5-13-22-19/h3-13,16H,2H2,1H3,(H,23,25)(H,21,22,24). The van der Waals surface area contributed by atoms with Crippen molar-refractivity contribution in [3.63, 3.8) is 0 Å². The predicted molar refractivity (Wildman–Crippen MR) is 112 cm³/mol. The Kier molecular flexibility index (Phi) is 6.78. The third-order valence-electron chi connectivity index (χ3n) is 3.79. The molecule has 2 N–H and O–H groups in total. The normalized spacial score (nSPS) is 12.2. The van der Waals surface area contributed by atoms with Crippen molar-refractivity contribution < 1.29 is 13.2 Å². The fraction of sp³-hybridized carbons (Fsp3) is 0.158. The van der Waals surface area contributed by atoms with Gasteiger partial charge in [0, 0.05) is 24.3 Å². The van der Waals surface area contributed by atoms with Gasteiger partial charge in [0.1, 0.15) is 0 Å². The third kappa shape index (κ3) is 5.75. The molecule has 2 heterocycles. The van der Waals surface area contributed by atoms with E-state index in [1.54, 1.807) is 12.3 Å². The number of carbonyl (C=O) groups is 1. The fourth-order valence-corrected chi connectivity index (χ4v) is 4.22. The summed E-state index contributed by atoms with van der Waals surface area (Å²) in [6.07, 6.45) is 5.19. The van der Waals surface area contributed by atoms with Crippen molar-refractivity contribution in [2.24, 2.45) is 0 Å². The summed E-state index contributed by atoms with van der Waals surface area (Å²) in [5.41, 5.74) is 0.505. The highest BCUT2D eigenvalue weighted by Crippen LogP contribution is 2.25. The molecule has 150 valence electrons. The molecule has 10 heteroatoms. The summed E-state index contributed by atoms with van der Waals surface area (Å²) in [5, 5.41) is 3.27. The first-order valence-electron chi connectivity index (χ1n) is 8.76. The molecule has 3 aromatic rings. The molecule has 0 spiro atoms. The summed E-state index contributed by atoms with van der Waals surface area (Å²) in [4.78, 5) is 24.5. The summed E-state index contributed by atoms with van der Waals surface area (Å²) in [6, 6.07) is 13.0. The zero-order valence-corrected chi connectivity index (χ0v) is 17.2. The lowest BCUT2D eigenvalue weighted by molar-refractivity contribution is -0.115. The number of sulfonamides is 1. The zero-order valence-electron chi connectivity index (χ0n) is 15.5. The van der Waals surface area contributed by atoms with Crippen LogP contribution in [0.3, 0.4) is 0 Å². The molecule has 0 fully saturated rings. The van der Waals surface area contributed by atoms with Crippen molar-refractivity contribution >= 4 is 39.3 Å². The van der Waals surface area contributed by atoms with Crippen LogP contribution in [0.25, 0.3) is 0 Å². The van der Waals surface area contributed by atoms with Crippen molar-refractivity contribution in [3.05, 3.63) is 67.1 Å². The molecule has 29 heavy (non-hydrogen) atoms. The average Bonchev–Trinajstić information content (AvgIpc) is 2.73. The van der Waals surface area contributed by atoms with Crippen LogP contribution in [0.2, 0.25) is 0 Å². The van der Waals surface area contributed by atoms with Crippen LogP contribution in [0.4, 0.5) is 11.6 Å². The minimum absolute atomic E-state index is 0.0118. The van der Waals surface area contributed by atoms with Gasteiger partial charge in [0.15, 0.2) is 0 Å². The average molecular weight is 430 g/mol. The number of amides is 1. The molecule has 2 aromatic heterocycles. The highest BCUT2D eigenvalue weighted by Gasteiger charge is 2.19. The molecule has 1 aromatic carbocycles. The van der Waals surface area contributed by atoms with Crippen LogP contribution in [0.15, 0.2) is 77.0 Å². The van der Waals surface area contributed by atoms with Gasteiger partial charge in [-0.1, -0.05) is 24.8 Å². The Morgan fingerprint density at radius 1 is 1.00 bits per heavy atom. The van der Waals surface area contributed by atoms with Gasteiger partial charge < -0.3 is 5.32 Å². The van der Waals surface area contributed by atoms with Gasteiger partial charge >= 0.3 is 0 Å². The quantitative estimate of drug-likeness (QED) is 0.529. The lowest BCUT2D eigenvalue weighted by Gasteiger charge is -2.14. The van der Waals surface area contributed by atoms with Crippen molar-refractivity contribution in [1.29, 1.82) is 0 Å². The Morgan fingerprint density at radius 2 is 1.69 bits per heavy atom. The Balaban J connectivity index is 1.65. The first-order chi connectivity index (χ1) is 14.0. The molecule has 1 amide bonds. The number of rotatable bonds is 8. The lowest BCUT2D eigenvalue weighted by Crippen LogP contribution is -2.24. The molecule has 3 rings (SSSR count). The fourth-order valence-electron chi connectivity index (χ4n) is 2.36. The van der Waals surface area contributed by atoms with Gasteiger partial charge in [0.25, 0.3) is 10.0 Å². The van der Waals surface area contributed by atoms with Gasteiger partial charge in [-0.2, -0.15) is 0 Å². The van der Waals surface area contributed by atoms with Crippen LogP contribution < -0.4 is 10.0 Å². The summed E-state index contributed by atoms with van der Waals surface area (Å²) < 4.78 is 27.1. The van der Waals surface area contributed by atoms with E-state index in [4.69, 9.17) is 0 Å². The Hall–Kier alpha value is -2.98. The molecule has 0 saturated heterocycles. The van der Waals surface area contributed by atoms with Gasteiger partial charge in [-0.3, -0.25) is 4.79 Å². The van der Waals surface area contributed by atoms with E-state index < -0.39 is 10.0 Å². The van der Waals surface area contributed by atoms with Gasteiger partial charge in [-0.25, -0.2) is 28.1 Å². The molecule has 1 atom stereocenters. The minimum Gasteiger partial charge on any atom is -0.325 e. The van der Waals surface area contributed by atoms with Crippen LogP contribution in [0.1, 0.15) is 13.3 Å². The second kappa shape index (κ2) is 9.48. The van der Waals surface area contributed by atoms with E-state index in [2.05, 4.69) is 25.0 Å². The number of anilines is 2. The highest BCUT2D eigenvalue weighted by molar-refractivity contribution is 8.00. The minimum atomic E-state index is -3.82. The van der Waals surface area contributed by atoms with Gasteiger partial charge in [0.05, 0.1) is 15.2 Å². The van der Waals surface area contributed by atoms with E-state index in [9.17, 15) is 13.2 Å². The van der Waals surface area contributed by atoms with Crippen LogP contribution in [0, 0.1) is 0 Å². The molecule has 0 aliphatic rings. The molecule has 0 aliphatic carbocycles. The molecule has 0 radical (unpaired) electrons. The van der Waals surface area contributed by atoms with E-state index in [0.717, 1.165) is 5.03 Å². The number of carbonyl (C=O) groups excluding carboxylic acids is 1. The number of nitrogens with one attached hydrogen (secondary N) is 2. The van der Waals surface area contributed by atoms with E-state index in [1.165, 1.54) is 48.4 Å². The maximum absolute atomic E-state index is 12.6. The second-order valence-electron chi connectivity index (χ2n) is 5.87. The molecule has 8 nitrogen and oxygen atoms in total. The Labute approximate surface area is 173 Å². The van der Waals surface area contributed by atoms with Gasteiger partial charge in [-0.05, 0) is 48.9 Å². The van der Waals surface area contributed by atoms with Crippen LogP contribution in [-0.2, 0) is 14.8 Å². The topological polar surface area (TPSA) is 114 Å². The summed E-state index contributed by atoms with van der Waals surface area (Å²) in [5.74, 6) is -0.184. The first kappa shape index (κ1) is 20.7. The van der Waals surface area contributed by atoms with E-state index in [1.807, 2.05) is 25.1 Å². The number of benzene rings is 1. The van der Waals surface area contributed by atoms with E-state index >= 15 is 0 Å². The molecule has 0 aliphatic heterocycles. The van der Waals surface area contributed by atoms with Crippen LogP contribution >= 0.6 is 11.8 Å². The molecule has 0 saturated carbocycles. The third-order valence-corrected chi connectivity index (χ3v) is 6.45. The second-order valence-corrected chi connectivity index (χ2v) is 8.78. The van der Waals surface area contributed by atoms with Gasteiger partial charge in [-0.15, -0.1) is 0 Å². The number of hydrogen-bond donors (Lipinski definition) is 2. The smallest absolute Gasteiger partial charge is 0.264 e. The molecule has 0 bridgehead atoms. The molecular formula is C19H19N5O3S2. The van der Waals surface area contributed by atoms with E-state index in [-0.39, 0.29) is 22.0 Å². The first-order valence-corrected chi connectivity index (χ1v) is 11.1. The largest absolute Gasteiger partial charge is 0.325 e. The van der Waals surface area contributed by atoms with Crippen molar-refractivity contribution in [2.75, 3.05) is 10.0 Å². The maximum atomic E-state index is 12.6. The molecule has 1 unspecified atom stereocenters. The number of thioether (sulfide) groups is 1. The monoisotopic (exact) mass is 429 g/mol. The molecular weight excluding hydrogens is 410 g/mol. The maximum Gasteiger partial charge on any atom is 0.264 e. The number of nitrogens with zero attached hydrogens (tertiary/aromatic N) is 3. The number of pyridine rings is 1. The predicted octanol–water partition coefficient (Wildman–Crippen LogP) is 3.18. The van der Waals surface area contributed by atoms with Gasteiger partial charge in [0.2, 0.25) is 11.9 Å². The van der Waals surface area contributed by atoms with Crippen LogP contribution in [-0.4, -0.2) is 34.5 Å². The highest BCUT2D eigenvalue weighted by atomic mass is 32.2. The van der Waals surface area contributed by atoms with Crippen molar-refractivity contribution in [2.45, 2.75) is 28.5 Å².